The molecule has 2 amide bonds. The molecule has 1 saturated heterocycles. The van der Waals surface area contributed by atoms with Crippen molar-refractivity contribution in [2.24, 2.45) is 5.92 Å². The quantitative estimate of drug-likeness (QED) is 0.878. The minimum absolute atomic E-state index is 0.0727. The molecule has 1 aromatic heterocycles. The van der Waals surface area contributed by atoms with Crippen molar-refractivity contribution in [1.82, 2.24) is 15.1 Å². The van der Waals surface area contributed by atoms with Gasteiger partial charge in [-0.05, 0) is 38.3 Å². The molecule has 0 bridgehead atoms. The maximum atomic E-state index is 12.6. The zero-order chi connectivity index (χ0) is 18.7. The number of hydrogen-bond donors (Lipinski definition) is 1. The number of nitrogens with one attached hydrogen (secondary N) is 1. The Hall–Kier alpha value is -1.99. The SMILES string of the molecule is Cc1cc(C)cc(-c2nnc(NC(=O)N3CCCOC(C(C)C)C3)s2)c1. The lowest BCUT2D eigenvalue weighted by Gasteiger charge is -2.25. The maximum absolute atomic E-state index is 12.6. The average Bonchev–Trinajstić information content (AvgIpc) is 2.88. The zero-order valence-corrected chi connectivity index (χ0v) is 16.6. The van der Waals surface area contributed by atoms with Crippen LogP contribution < -0.4 is 5.32 Å². The van der Waals surface area contributed by atoms with Gasteiger partial charge in [-0.25, -0.2) is 4.79 Å². The minimum atomic E-state index is -0.135. The summed E-state index contributed by atoms with van der Waals surface area (Å²) in [5.41, 5.74) is 3.40. The Balaban J connectivity index is 1.69. The van der Waals surface area contributed by atoms with E-state index in [4.69, 9.17) is 4.74 Å². The van der Waals surface area contributed by atoms with Crippen LogP contribution in [-0.4, -0.2) is 46.9 Å². The highest BCUT2D eigenvalue weighted by Crippen LogP contribution is 2.28. The van der Waals surface area contributed by atoms with Crippen molar-refractivity contribution in [1.29, 1.82) is 0 Å². The Morgan fingerprint density at radius 3 is 2.69 bits per heavy atom. The van der Waals surface area contributed by atoms with Crippen LogP contribution in [0, 0.1) is 19.8 Å². The van der Waals surface area contributed by atoms with Crippen molar-refractivity contribution in [3.05, 3.63) is 29.3 Å². The van der Waals surface area contributed by atoms with Crippen LogP contribution in [0.3, 0.4) is 0 Å². The normalized spacial score (nSPS) is 18.0. The lowest BCUT2D eigenvalue weighted by molar-refractivity contribution is 0.0273. The van der Waals surface area contributed by atoms with Gasteiger partial charge in [0.25, 0.3) is 0 Å². The smallest absolute Gasteiger partial charge is 0.323 e. The Labute approximate surface area is 158 Å². The molecular weight excluding hydrogens is 348 g/mol. The fraction of sp³-hybridized carbons (Fsp3) is 0.526. The van der Waals surface area contributed by atoms with Gasteiger partial charge in [-0.3, -0.25) is 5.32 Å². The fourth-order valence-electron chi connectivity index (χ4n) is 3.10. The first-order valence-corrected chi connectivity index (χ1v) is 9.83. The summed E-state index contributed by atoms with van der Waals surface area (Å²) in [7, 11) is 0. The van der Waals surface area contributed by atoms with Crippen molar-refractivity contribution < 1.29 is 9.53 Å². The highest BCUT2D eigenvalue weighted by Gasteiger charge is 2.25. The molecule has 1 N–H and O–H groups in total. The molecule has 3 rings (SSSR count). The molecule has 1 fully saturated rings. The maximum Gasteiger partial charge on any atom is 0.323 e. The first kappa shape index (κ1) is 18.8. The van der Waals surface area contributed by atoms with E-state index in [1.54, 1.807) is 0 Å². The molecule has 26 heavy (non-hydrogen) atoms. The van der Waals surface area contributed by atoms with Gasteiger partial charge in [0.1, 0.15) is 5.01 Å². The van der Waals surface area contributed by atoms with Crippen LogP contribution in [0.4, 0.5) is 9.93 Å². The van der Waals surface area contributed by atoms with Crippen molar-refractivity contribution in [3.63, 3.8) is 0 Å². The summed E-state index contributed by atoms with van der Waals surface area (Å²) in [6.45, 7) is 10.4. The van der Waals surface area contributed by atoms with Gasteiger partial charge in [0.2, 0.25) is 5.13 Å². The van der Waals surface area contributed by atoms with Gasteiger partial charge in [0.15, 0.2) is 0 Å². The molecule has 0 spiro atoms. The molecule has 0 aliphatic carbocycles. The molecule has 2 heterocycles. The van der Waals surface area contributed by atoms with E-state index in [2.05, 4.69) is 61.4 Å². The third-order valence-electron chi connectivity index (χ3n) is 4.44. The van der Waals surface area contributed by atoms with Crippen molar-refractivity contribution in [2.75, 3.05) is 25.0 Å². The largest absolute Gasteiger partial charge is 0.376 e. The predicted molar refractivity (Wildman–Crippen MR) is 105 cm³/mol. The standard InChI is InChI=1S/C19H26N4O2S/c1-12(2)16-11-23(6-5-7-25-16)19(24)20-18-22-21-17(26-18)15-9-13(3)8-14(4)10-15/h8-10,12,16H,5-7,11H2,1-4H3,(H,20,22,24). The molecule has 1 aromatic carbocycles. The van der Waals surface area contributed by atoms with E-state index in [1.165, 1.54) is 22.5 Å². The Morgan fingerprint density at radius 2 is 2.00 bits per heavy atom. The highest BCUT2D eigenvalue weighted by molar-refractivity contribution is 7.18. The number of carbonyl (C=O) groups is 1. The second kappa shape index (κ2) is 8.14. The van der Waals surface area contributed by atoms with Crippen LogP contribution in [0.5, 0.6) is 0 Å². The third-order valence-corrected chi connectivity index (χ3v) is 5.33. The van der Waals surface area contributed by atoms with Gasteiger partial charge in [-0.1, -0.05) is 42.4 Å². The molecule has 0 saturated carbocycles. The fourth-order valence-corrected chi connectivity index (χ4v) is 3.82. The van der Waals surface area contributed by atoms with Crippen LogP contribution in [0.1, 0.15) is 31.4 Å². The molecule has 1 atom stereocenters. The number of aryl methyl sites for hydroxylation is 2. The van der Waals surface area contributed by atoms with Crippen LogP contribution in [0.25, 0.3) is 10.6 Å². The summed E-state index contributed by atoms with van der Waals surface area (Å²) in [5.74, 6) is 0.376. The van der Waals surface area contributed by atoms with Gasteiger partial charge in [0, 0.05) is 25.3 Å². The van der Waals surface area contributed by atoms with E-state index in [-0.39, 0.29) is 12.1 Å². The van der Waals surface area contributed by atoms with E-state index in [1.807, 2.05) is 4.90 Å². The number of benzene rings is 1. The first-order valence-electron chi connectivity index (χ1n) is 9.02. The van der Waals surface area contributed by atoms with E-state index >= 15 is 0 Å². The number of urea groups is 1. The van der Waals surface area contributed by atoms with Crippen molar-refractivity contribution in [2.45, 2.75) is 40.2 Å². The van der Waals surface area contributed by atoms with Gasteiger partial charge in [-0.2, -0.15) is 0 Å². The summed E-state index contributed by atoms with van der Waals surface area (Å²) < 4.78 is 5.83. The molecule has 0 radical (unpaired) electrons. The summed E-state index contributed by atoms with van der Waals surface area (Å²) in [6, 6.07) is 6.15. The highest BCUT2D eigenvalue weighted by atomic mass is 32.1. The number of aromatic nitrogens is 2. The van der Waals surface area contributed by atoms with E-state index in [0.717, 1.165) is 17.0 Å². The van der Waals surface area contributed by atoms with Crippen LogP contribution in [-0.2, 0) is 4.74 Å². The predicted octanol–water partition coefficient (Wildman–Crippen LogP) is 4.10. The molecule has 140 valence electrons. The van der Waals surface area contributed by atoms with E-state index in [9.17, 15) is 4.79 Å². The zero-order valence-electron chi connectivity index (χ0n) is 15.8. The van der Waals surface area contributed by atoms with Crippen LogP contribution in [0.2, 0.25) is 0 Å². The minimum Gasteiger partial charge on any atom is -0.376 e. The topological polar surface area (TPSA) is 67.4 Å². The molecule has 1 unspecified atom stereocenters. The number of amides is 2. The summed E-state index contributed by atoms with van der Waals surface area (Å²) in [6.07, 6.45) is 0.920. The van der Waals surface area contributed by atoms with Gasteiger partial charge >= 0.3 is 6.03 Å². The average molecular weight is 375 g/mol. The Bertz CT molecular complexity index is 754. The van der Waals surface area contributed by atoms with Crippen molar-refractivity contribution >= 4 is 22.5 Å². The number of rotatable bonds is 3. The van der Waals surface area contributed by atoms with Gasteiger partial charge < -0.3 is 9.64 Å². The second-order valence-electron chi connectivity index (χ2n) is 7.17. The summed E-state index contributed by atoms with van der Waals surface area (Å²) in [4.78, 5) is 14.5. The third kappa shape index (κ3) is 4.59. The summed E-state index contributed by atoms with van der Waals surface area (Å²) >= 11 is 1.40. The van der Waals surface area contributed by atoms with E-state index < -0.39 is 0 Å². The molecule has 1 aliphatic rings. The lowest BCUT2D eigenvalue weighted by Crippen LogP contribution is -2.41. The Kier molecular flexibility index (Phi) is 5.88. The van der Waals surface area contributed by atoms with Crippen LogP contribution in [0.15, 0.2) is 18.2 Å². The molecule has 7 heteroatoms. The Morgan fingerprint density at radius 1 is 1.27 bits per heavy atom. The molecule has 6 nitrogen and oxygen atoms in total. The lowest BCUT2D eigenvalue weighted by atomic mass is 10.1. The number of ether oxygens (including phenoxy) is 1. The van der Waals surface area contributed by atoms with Gasteiger partial charge in [-0.15, -0.1) is 10.2 Å². The van der Waals surface area contributed by atoms with Crippen molar-refractivity contribution in [3.8, 4) is 10.6 Å². The second-order valence-corrected chi connectivity index (χ2v) is 8.15. The molecule has 2 aromatic rings. The number of nitrogens with zero attached hydrogens (tertiary/aromatic N) is 3. The molecular formula is C19H26N4O2S. The van der Waals surface area contributed by atoms with E-state index in [0.29, 0.717) is 30.7 Å². The number of anilines is 1. The monoisotopic (exact) mass is 374 g/mol. The first-order chi connectivity index (χ1) is 12.4. The van der Waals surface area contributed by atoms with Gasteiger partial charge in [0.05, 0.1) is 6.10 Å². The molecule has 1 aliphatic heterocycles. The summed E-state index contributed by atoms with van der Waals surface area (Å²) in [5, 5.41) is 12.6. The van der Waals surface area contributed by atoms with Crippen LogP contribution >= 0.6 is 11.3 Å². The number of hydrogen-bond acceptors (Lipinski definition) is 5. The number of carbonyl (C=O) groups excluding carboxylic acids is 1.